The van der Waals surface area contributed by atoms with Crippen LogP contribution in [0.25, 0.3) is 38.8 Å². The summed E-state index contributed by atoms with van der Waals surface area (Å²) in [5.74, 6) is 2.49. The second kappa shape index (κ2) is 11.0. The van der Waals surface area contributed by atoms with Crippen LogP contribution in [-0.2, 0) is 5.41 Å². The number of aryl methyl sites for hydroxylation is 1. The first-order chi connectivity index (χ1) is 25.3. The number of hydrogen-bond donors (Lipinski definition) is 0. The van der Waals surface area contributed by atoms with Gasteiger partial charge in [-0.15, -0.1) is 0 Å². The number of aromatic nitrogens is 2. The highest BCUT2D eigenvalue weighted by atomic mass is 16.5. The molecule has 0 amide bonds. The minimum absolute atomic E-state index is 0.00639. The third-order valence-electron chi connectivity index (χ3n) is 11.0. The topological polar surface area (TPSA) is 27.1 Å². The van der Waals surface area contributed by atoms with Crippen molar-refractivity contribution in [1.29, 1.82) is 0 Å². The molecular weight excluding hydrogens is 637 g/mol. The Labute approximate surface area is 304 Å². The fourth-order valence-electron chi connectivity index (χ4n) is 8.51. The summed E-state index contributed by atoms with van der Waals surface area (Å²) in [6.45, 7) is 11.4. The minimum Gasteiger partial charge on any atom is -0.457 e. The maximum atomic E-state index is 6.75. The second-order valence-corrected chi connectivity index (χ2v) is 15.1. The van der Waals surface area contributed by atoms with Crippen molar-refractivity contribution in [2.45, 2.75) is 33.1 Å². The molecule has 5 nitrogen and oxygen atoms in total. The molecule has 1 unspecified atom stereocenters. The summed E-state index contributed by atoms with van der Waals surface area (Å²) in [5.41, 5.74) is 12.3. The van der Waals surface area contributed by atoms with E-state index in [2.05, 4.69) is 191 Å². The number of fused-ring (bicyclic) bond motifs is 7. The summed E-state index contributed by atoms with van der Waals surface area (Å²) >= 11 is 0. The van der Waals surface area contributed by atoms with E-state index in [1.54, 1.807) is 0 Å². The average Bonchev–Trinajstić information content (AvgIpc) is 3.65. The average molecular weight is 676 g/mol. The van der Waals surface area contributed by atoms with E-state index in [9.17, 15) is 0 Å². The number of hydrogen-bond acceptors (Lipinski definition) is 2. The molecule has 1 fully saturated rings. The van der Waals surface area contributed by atoms with Gasteiger partial charge in [0.2, 0.25) is 11.4 Å². The number of rotatable bonds is 6. The van der Waals surface area contributed by atoms with Crippen LogP contribution in [0, 0.1) is 13.6 Å². The van der Waals surface area contributed by atoms with Gasteiger partial charge in [-0.2, -0.15) is 9.18 Å². The van der Waals surface area contributed by atoms with Crippen LogP contribution in [0.2, 0.25) is 0 Å². The lowest BCUT2D eigenvalue weighted by atomic mass is 9.88. The van der Waals surface area contributed by atoms with E-state index in [4.69, 9.17) is 9.72 Å². The molecular formula is C47H39N4O+. The minimum atomic E-state index is 0.00639. The first kappa shape index (κ1) is 30.8. The number of benzene rings is 6. The van der Waals surface area contributed by atoms with Gasteiger partial charge in [0, 0.05) is 58.9 Å². The normalized spacial score (nSPS) is 18.8. The van der Waals surface area contributed by atoms with Crippen molar-refractivity contribution < 1.29 is 4.74 Å². The molecule has 0 bridgehead atoms. The van der Waals surface area contributed by atoms with Crippen molar-refractivity contribution in [1.82, 2.24) is 18.7 Å². The summed E-state index contributed by atoms with van der Waals surface area (Å²) in [5, 5.41) is 2.36. The van der Waals surface area contributed by atoms with E-state index in [0.717, 1.165) is 34.0 Å². The van der Waals surface area contributed by atoms with Crippen LogP contribution in [0.3, 0.4) is 0 Å². The summed E-state index contributed by atoms with van der Waals surface area (Å²) in [6, 6.07) is 54.2. The SMILES string of the molecule is Cc1cccc([N@+]23[CH-][N+]2(c2cccc(Oc4ccc5c6ccccc6n(-c6cc(C(C)(C)C)ccn6)c5c4)c2)c2ccccc23)c1-c1ccccc1. The Morgan fingerprint density at radius 1 is 0.596 bits per heavy atom. The molecule has 2 aromatic heterocycles. The van der Waals surface area contributed by atoms with Gasteiger partial charge in [0.15, 0.2) is 18.0 Å². The van der Waals surface area contributed by atoms with Crippen LogP contribution in [0.4, 0.5) is 22.7 Å². The van der Waals surface area contributed by atoms with Crippen LogP contribution in [-0.4, -0.2) is 9.55 Å². The van der Waals surface area contributed by atoms with Gasteiger partial charge in [-0.3, -0.25) is 4.57 Å². The molecule has 0 saturated carbocycles. The molecule has 2 aliphatic rings. The van der Waals surface area contributed by atoms with E-state index in [1.807, 2.05) is 6.20 Å². The Kier molecular flexibility index (Phi) is 6.51. The van der Waals surface area contributed by atoms with E-state index >= 15 is 0 Å². The molecule has 52 heavy (non-hydrogen) atoms. The van der Waals surface area contributed by atoms with Gasteiger partial charge in [-0.25, -0.2) is 4.98 Å². The van der Waals surface area contributed by atoms with Crippen LogP contribution < -0.4 is 13.9 Å². The van der Waals surface area contributed by atoms with Gasteiger partial charge >= 0.3 is 0 Å². The maximum absolute atomic E-state index is 6.75. The van der Waals surface area contributed by atoms with Crippen molar-refractivity contribution in [3.8, 4) is 28.4 Å². The van der Waals surface area contributed by atoms with Crippen LogP contribution in [0.15, 0.2) is 158 Å². The van der Waals surface area contributed by atoms with Gasteiger partial charge in [0.1, 0.15) is 17.3 Å². The molecule has 1 saturated heterocycles. The number of nitrogens with zero attached hydrogens (tertiary/aromatic N) is 4. The molecule has 4 heterocycles. The fourth-order valence-corrected chi connectivity index (χ4v) is 8.51. The quantitative estimate of drug-likeness (QED) is 0.0996. The fraction of sp³-hybridized carbons (Fsp3) is 0.106. The summed E-state index contributed by atoms with van der Waals surface area (Å²) < 4.78 is 10.3. The van der Waals surface area contributed by atoms with E-state index in [0.29, 0.717) is 9.18 Å². The molecule has 0 N–H and O–H groups in total. The Morgan fingerprint density at radius 3 is 2.12 bits per heavy atom. The van der Waals surface area contributed by atoms with Gasteiger partial charge in [-0.05, 0) is 65.4 Å². The van der Waals surface area contributed by atoms with Crippen LogP contribution >= 0.6 is 0 Å². The zero-order valence-corrected chi connectivity index (χ0v) is 29.8. The second-order valence-electron chi connectivity index (χ2n) is 15.1. The number of para-hydroxylation sites is 3. The maximum Gasteiger partial charge on any atom is 0.225 e. The number of pyridine rings is 1. The Bertz CT molecular complexity index is 2710. The van der Waals surface area contributed by atoms with Crippen molar-refractivity contribution >= 4 is 44.6 Å². The van der Waals surface area contributed by atoms with E-state index < -0.39 is 0 Å². The van der Waals surface area contributed by atoms with Gasteiger partial charge in [0.25, 0.3) is 0 Å². The first-order valence-corrected chi connectivity index (χ1v) is 18.0. The Balaban J connectivity index is 1.07. The highest BCUT2D eigenvalue weighted by Crippen LogP contribution is 2.76. The van der Waals surface area contributed by atoms with Crippen molar-refractivity contribution in [3.05, 3.63) is 176 Å². The monoisotopic (exact) mass is 675 g/mol. The predicted molar refractivity (Wildman–Crippen MR) is 214 cm³/mol. The summed E-state index contributed by atoms with van der Waals surface area (Å²) in [7, 11) is 0. The molecule has 2 atom stereocenters. The van der Waals surface area contributed by atoms with Gasteiger partial charge < -0.3 is 4.74 Å². The lowest BCUT2D eigenvalue weighted by Crippen LogP contribution is -2.46. The molecule has 5 heteroatoms. The lowest BCUT2D eigenvalue weighted by molar-refractivity contribution is 0.424. The number of quaternary nitrogens is 2. The molecule has 0 radical (unpaired) electrons. The van der Waals surface area contributed by atoms with Crippen molar-refractivity contribution in [3.63, 3.8) is 0 Å². The highest BCUT2D eigenvalue weighted by Gasteiger charge is 2.78. The number of ether oxygens (including phenoxy) is 1. The molecule has 10 rings (SSSR count). The standard InChI is InChI=1S/C47H39N4O/c1-32-14-12-23-44(46(32)33-15-6-5-7-16-33)51-31-50(51,42-21-10-11-22-43(42)51)35-17-13-18-36(29-35)52-37-24-25-39-38-19-8-9-20-40(38)49(41(39)30-37)45-28-34(26-27-48-45)47(2,3)4/h5-31H,1-4H3/q+1/t50?,51-/m1/s1. The smallest absolute Gasteiger partial charge is 0.225 e. The van der Waals surface area contributed by atoms with Crippen LogP contribution in [0.5, 0.6) is 11.5 Å². The van der Waals surface area contributed by atoms with Gasteiger partial charge in [-0.1, -0.05) is 99.6 Å². The van der Waals surface area contributed by atoms with E-state index in [1.165, 1.54) is 50.1 Å². The molecule has 252 valence electrons. The molecule has 8 aromatic rings. The first-order valence-electron chi connectivity index (χ1n) is 18.0. The highest BCUT2D eigenvalue weighted by molar-refractivity contribution is 6.09. The van der Waals surface area contributed by atoms with E-state index in [-0.39, 0.29) is 5.41 Å². The zero-order chi connectivity index (χ0) is 35.2. The van der Waals surface area contributed by atoms with Crippen molar-refractivity contribution in [2.24, 2.45) is 0 Å². The third kappa shape index (κ3) is 4.27. The summed E-state index contributed by atoms with van der Waals surface area (Å²) in [6.07, 6.45) is 1.92. The molecule has 6 aromatic carbocycles. The molecule has 0 spiro atoms. The van der Waals surface area contributed by atoms with Gasteiger partial charge in [0.05, 0.1) is 11.0 Å². The Hall–Kier alpha value is -6.01. The summed E-state index contributed by atoms with van der Waals surface area (Å²) in [4.78, 5) is 4.86. The lowest BCUT2D eigenvalue weighted by Gasteiger charge is -2.40. The zero-order valence-electron chi connectivity index (χ0n) is 29.8. The largest absolute Gasteiger partial charge is 0.457 e. The van der Waals surface area contributed by atoms with Crippen molar-refractivity contribution in [2.75, 3.05) is 0 Å². The molecule has 2 aliphatic heterocycles. The van der Waals surface area contributed by atoms with Crippen LogP contribution in [0.1, 0.15) is 31.9 Å². The third-order valence-corrected chi connectivity index (χ3v) is 11.0. The Morgan fingerprint density at radius 2 is 1.29 bits per heavy atom. The molecule has 0 aliphatic carbocycles. The predicted octanol–water partition coefficient (Wildman–Crippen LogP) is 12.6.